The van der Waals surface area contributed by atoms with Gasteiger partial charge in [0.15, 0.2) is 11.4 Å². The van der Waals surface area contributed by atoms with Gasteiger partial charge in [-0.05, 0) is 61.2 Å². The van der Waals surface area contributed by atoms with E-state index in [1.165, 1.54) is 11.3 Å². The van der Waals surface area contributed by atoms with Crippen molar-refractivity contribution in [1.29, 1.82) is 0 Å². The number of benzene rings is 3. The molecule has 2 aliphatic heterocycles. The lowest BCUT2D eigenvalue weighted by Crippen LogP contribution is -2.40. The number of amides is 1. The Kier molecular flexibility index (Phi) is 8.93. The highest BCUT2D eigenvalue weighted by Gasteiger charge is 2.35. The van der Waals surface area contributed by atoms with Crippen molar-refractivity contribution in [2.45, 2.75) is 25.8 Å². The number of likely N-dealkylation sites (tertiary alicyclic amines) is 1. The summed E-state index contributed by atoms with van der Waals surface area (Å²) in [6, 6.07) is 23.2. The van der Waals surface area contributed by atoms with E-state index >= 15 is 0 Å². The fourth-order valence-corrected chi connectivity index (χ4v) is 6.58. The van der Waals surface area contributed by atoms with Crippen molar-refractivity contribution in [3.05, 3.63) is 121 Å². The topological polar surface area (TPSA) is 99.4 Å². The summed E-state index contributed by atoms with van der Waals surface area (Å²) in [7, 11) is 1.57. The lowest BCUT2D eigenvalue weighted by molar-refractivity contribution is -0.139. The number of fused-ring (bicyclic) bond motifs is 1. The summed E-state index contributed by atoms with van der Waals surface area (Å²) in [5.41, 5.74) is 2.67. The van der Waals surface area contributed by atoms with Crippen LogP contribution in [0.3, 0.4) is 0 Å². The molecule has 0 aliphatic carbocycles. The van der Waals surface area contributed by atoms with Gasteiger partial charge < -0.3 is 19.1 Å². The molecule has 4 aromatic rings. The molecule has 230 valence electrons. The van der Waals surface area contributed by atoms with Crippen molar-refractivity contribution in [2.24, 2.45) is 4.99 Å². The van der Waals surface area contributed by atoms with E-state index in [2.05, 4.69) is 0 Å². The number of esters is 1. The normalized spacial score (nSPS) is 16.3. The number of aromatic nitrogens is 1. The molecule has 3 heterocycles. The van der Waals surface area contributed by atoms with Crippen molar-refractivity contribution in [3.8, 4) is 11.5 Å². The Morgan fingerprint density at radius 3 is 2.44 bits per heavy atom. The minimum absolute atomic E-state index is 0.00519. The molecule has 9 nitrogen and oxygen atoms in total. The third-order valence-corrected chi connectivity index (χ3v) is 8.77. The van der Waals surface area contributed by atoms with Crippen LogP contribution in [0.4, 0.5) is 0 Å². The minimum Gasteiger partial charge on any atom is -0.497 e. The smallest absolute Gasteiger partial charge is 0.338 e. The van der Waals surface area contributed by atoms with E-state index in [0.717, 1.165) is 37.1 Å². The van der Waals surface area contributed by atoms with Crippen molar-refractivity contribution in [3.63, 3.8) is 0 Å². The van der Waals surface area contributed by atoms with Crippen LogP contribution in [0.1, 0.15) is 42.5 Å². The van der Waals surface area contributed by atoms with Gasteiger partial charge in [-0.2, -0.15) is 0 Å². The molecule has 1 amide bonds. The summed E-state index contributed by atoms with van der Waals surface area (Å²) in [5.74, 6) is 0.618. The second-order valence-corrected chi connectivity index (χ2v) is 11.7. The van der Waals surface area contributed by atoms with Gasteiger partial charge in [-0.1, -0.05) is 65.9 Å². The summed E-state index contributed by atoms with van der Waals surface area (Å²) in [6.07, 6.45) is 3.86. The molecule has 45 heavy (non-hydrogen) atoms. The number of nitrogens with zero attached hydrogens (tertiary/aromatic N) is 3. The number of hydrogen-bond donors (Lipinski definition) is 0. The van der Waals surface area contributed by atoms with Gasteiger partial charge in [0.05, 0.1) is 35.6 Å². The first-order chi connectivity index (χ1) is 22.0. The summed E-state index contributed by atoms with van der Waals surface area (Å²) in [5, 5.41) is 0. The Hall–Kier alpha value is -4.96. The molecular formula is C35H33N3O6S. The van der Waals surface area contributed by atoms with Crippen LogP contribution >= 0.6 is 11.3 Å². The van der Waals surface area contributed by atoms with Crippen LogP contribution in [0.25, 0.3) is 11.8 Å². The molecule has 10 heteroatoms. The maximum Gasteiger partial charge on any atom is 0.338 e. The highest BCUT2D eigenvalue weighted by Crippen LogP contribution is 2.36. The average Bonchev–Trinajstić information content (AvgIpc) is 3.72. The first kappa shape index (κ1) is 30.1. The van der Waals surface area contributed by atoms with Crippen LogP contribution < -0.4 is 24.4 Å². The average molecular weight is 624 g/mol. The van der Waals surface area contributed by atoms with Gasteiger partial charge in [0, 0.05) is 18.7 Å². The Balaban J connectivity index is 1.42. The molecular weight excluding hydrogens is 590 g/mol. The monoisotopic (exact) mass is 623 g/mol. The molecule has 0 N–H and O–H groups in total. The van der Waals surface area contributed by atoms with Crippen LogP contribution in [-0.2, 0) is 14.3 Å². The van der Waals surface area contributed by atoms with Gasteiger partial charge in [-0.25, -0.2) is 9.79 Å². The van der Waals surface area contributed by atoms with Crippen molar-refractivity contribution in [2.75, 3.05) is 33.4 Å². The maximum atomic E-state index is 14.1. The van der Waals surface area contributed by atoms with E-state index in [4.69, 9.17) is 19.2 Å². The fraction of sp³-hybridized carbons (Fsp3) is 0.257. The number of carbonyl (C=O) groups is 2. The first-order valence-corrected chi connectivity index (χ1v) is 15.7. The van der Waals surface area contributed by atoms with Gasteiger partial charge in [0.25, 0.3) is 11.5 Å². The number of carbonyl (C=O) groups excluding carboxylic acids is 2. The molecule has 1 aromatic heterocycles. The van der Waals surface area contributed by atoms with Gasteiger partial charge in [0.2, 0.25) is 0 Å². The lowest BCUT2D eigenvalue weighted by Gasteiger charge is -2.26. The molecule has 1 atom stereocenters. The molecule has 0 unspecified atom stereocenters. The third kappa shape index (κ3) is 6.32. The summed E-state index contributed by atoms with van der Waals surface area (Å²) in [6.45, 7) is 3.48. The molecule has 0 radical (unpaired) electrons. The van der Waals surface area contributed by atoms with Gasteiger partial charge in [-0.15, -0.1) is 0 Å². The molecule has 0 spiro atoms. The van der Waals surface area contributed by atoms with Gasteiger partial charge in [0.1, 0.15) is 11.5 Å². The highest BCUT2D eigenvalue weighted by atomic mass is 32.1. The van der Waals surface area contributed by atoms with Crippen LogP contribution in [0, 0.1) is 0 Å². The highest BCUT2D eigenvalue weighted by molar-refractivity contribution is 7.07. The number of hydrogen-bond acceptors (Lipinski definition) is 8. The second kappa shape index (κ2) is 13.4. The third-order valence-electron chi connectivity index (χ3n) is 7.78. The molecule has 1 saturated heterocycles. The van der Waals surface area contributed by atoms with Gasteiger partial charge >= 0.3 is 5.97 Å². The number of methoxy groups -OCH3 is 1. The molecule has 6 rings (SSSR count). The van der Waals surface area contributed by atoms with E-state index in [-0.39, 0.29) is 30.3 Å². The Bertz CT molecular complexity index is 1920. The second-order valence-electron chi connectivity index (χ2n) is 10.7. The van der Waals surface area contributed by atoms with Crippen LogP contribution in [0.2, 0.25) is 0 Å². The van der Waals surface area contributed by atoms with Crippen molar-refractivity contribution >= 4 is 35.0 Å². The molecule has 2 aliphatic rings. The number of rotatable bonds is 9. The standard InChI is InChI=1S/C35H33N3O6S/c1-3-43-34(41)30-31(24-10-5-4-6-11-24)36-35-38(32(30)25-12-9-13-27(21-25)42-2)33(40)28(45-35)20-23-14-16-26(17-15-23)44-22-29(39)37-18-7-8-19-37/h4-6,9-17,20-21,32H,3,7-8,18-19,22H2,1-2H3/b28-20+/t32-/m0/s1. The Morgan fingerprint density at radius 2 is 1.73 bits per heavy atom. The Morgan fingerprint density at radius 1 is 0.978 bits per heavy atom. The molecule has 3 aromatic carbocycles. The Labute approximate surface area is 264 Å². The summed E-state index contributed by atoms with van der Waals surface area (Å²) >= 11 is 1.25. The molecule has 1 fully saturated rings. The van der Waals surface area contributed by atoms with E-state index in [1.54, 1.807) is 36.8 Å². The maximum absolute atomic E-state index is 14.1. The van der Waals surface area contributed by atoms with E-state index < -0.39 is 12.0 Å². The summed E-state index contributed by atoms with van der Waals surface area (Å²) < 4.78 is 18.8. The summed E-state index contributed by atoms with van der Waals surface area (Å²) in [4.78, 5) is 47.2. The zero-order valence-electron chi connectivity index (χ0n) is 25.1. The number of thiazole rings is 1. The SMILES string of the molecule is CCOC(=O)C1=C(c2ccccc2)N=c2s/c(=C/c3ccc(OCC(=O)N4CCCC4)cc3)c(=O)n2[C@H]1c1cccc(OC)c1. The minimum atomic E-state index is -0.795. The van der Waals surface area contributed by atoms with E-state index in [0.29, 0.717) is 32.1 Å². The fourth-order valence-electron chi connectivity index (χ4n) is 5.58. The predicted molar refractivity (Wildman–Crippen MR) is 172 cm³/mol. The zero-order chi connectivity index (χ0) is 31.3. The van der Waals surface area contributed by atoms with Gasteiger partial charge in [-0.3, -0.25) is 14.2 Å². The lowest BCUT2D eigenvalue weighted by atomic mass is 9.93. The largest absolute Gasteiger partial charge is 0.497 e. The van der Waals surface area contributed by atoms with Crippen LogP contribution in [0.5, 0.6) is 11.5 Å². The van der Waals surface area contributed by atoms with Crippen LogP contribution in [-0.4, -0.2) is 54.8 Å². The van der Waals surface area contributed by atoms with Crippen LogP contribution in [0.15, 0.2) is 94.2 Å². The van der Waals surface area contributed by atoms with E-state index in [1.807, 2.05) is 71.6 Å². The van der Waals surface area contributed by atoms with Crippen molar-refractivity contribution < 1.29 is 23.8 Å². The predicted octanol–water partition coefficient (Wildman–Crippen LogP) is 3.95. The van der Waals surface area contributed by atoms with Crippen molar-refractivity contribution in [1.82, 2.24) is 9.47 Å². The first-order valence-electron chi connectivity index (χ1n) is 14.9. The molecule has 0 bridgehead atoms. The molecule has 0 saturated carbocycles. The zero-order valence-corrected chi connectivity index (χ0v) is 25.9. The quantitative estimate of drug-likeness (QED) is 0.262. The van der Waals surface area contributed by atoms with E-state index in [9.17, 15) is 14.4 Å². The number of ether oxygens (including phenoxy) is 3.